The predicted molar refractivity (Wildman–Crippen MR) is 108 cm³/mol. The smallest absolute Gasteiger partial charge is 0.417 e. The lowest BCUT2D eigenvalue weighted by molar-refractivity contribution is -0.137. The first kappa shape index (κ1) is 22.9. The Morgan fingerprint density at radius 3 is 2.44 bits per heavy atom. The van der Waals surface area contributed by atoms with Crippen LogP contribution in [0, 0.1) is 11.2 Å². The van der Waals surface area contributed by atoms with Crippen molar-refractivity contribution in [1.29, 1.82) is 5.41 Å². The number of carboxylic acids is 1. The van der Waals surface area contributed by atoms with Gasteiger partial charge in [0.05, 0.1) is 33.1 Å². The molecule has 0 radical (unpaired) electrons. The van der Waals surface area contributed by atoms with E-state index >= 15 is 0 Å². The highest BCUT2D eigenvalue weighted by Crippen LogP contribution is 2.35. The number of carbonyl (C=O) groups is 2. The molecule has 0 aliphatic rings. The molecule has 6 nitrogen and oxygen atoms in total. The quantitative estimate of drug-likeness (QED) is 0.353. The van der Waals surface area contributed by atoms with Crippen molar-refractivity contribution in [1.82, 2.24) is 4.98 Å². The Bertz CT molecular complexity index is 1250. The van der Waals surface area contributed by atoms with Crippen LogP contribution in [0.15, 0.2) is 54.7 Å². The lowest BCUT2D eigenvalue weighted by Crippen LogP contribution is -2.21. The summed E-state index contributed by atoms with van der Waals surface area (Å²) in [4.78, 5) is 27.6. The number of pyridine rings is 1. The number of alkyl halides is 3. The molecule has 0 fully saturated rings. The topological polar surface area (TPSA) is 103 Å². The van der Waals surface area contributed by atoms with E-state index < -0.39 is 45.7 Å². The molecule has 1 aromatic heterocycles. The fourth-order valence-electron chi connectivity index (χ4n) is 2.86. The molecule has 3 aromatic rings. The molecule has 0 aliphatic carbocycles. The largest absolute Gasteiger partial charge is 0.478 e. The highest BCUT2D eigenvalue weighted by Gasteiger charge is 2.36. The third-order valence-electron chi connectivity index (χ3n) is 4.32. The second kappa shape index (κ2) is 8.75. The molecular weight excluding hydrogens is 454 g/mol. The van der Waals surface area contributed by atoms with Crippen LogP contribution in [0.5, 0.6) is 0 Å². The van der Waals surface area contributed by atoms with Gasteiger partial charge in [0.15, 0.2) is 0 Å². The van der Waals surface area contributed by atoms with Gasteiger partial charge in [-0.1, -0.05) is 17.7 Å². The minimum absolute atomic E-state index is 0.169. The number of rotatable bonds is 5. The van der Waals surface area contributed by atoms with Crippen LogP contribution in [0.4, 0.5) is 23.2 Å². The van der Waals surface area contributed by atoms with E-state index in [1.165, 1.54) is 18.3 Å². The van der Waals surface area contributed by atoms with Gasteiger partial charge in [-0.25, -0.2) is 9.18 Å². The SMILES string of the molecule is N=C(c1ccc(C(=O)O)cc1F)c1ncccc1NC(=O)c1c(Cl)cccc1C(F)(F)F. The van der Waals surface area contributed by atoms with Gasteiger partial charge in [-0.2, -0.15) is 13.2 Å². The van der Waals surface area contributed by atoms with Gasteiger partial charge in [-0.3, -0.25) is 15.2 Å². The zero-order chi connectivity index (χ0) is 23.6. The van der Waals surface area contributed by atoms with Crippen LogP contribution in [0.3, 0.4) is 0 Å². The monoisotopic (exact) mass is 465 g/mol. The molecule has 0 spiro atoms. The van der Waals surface area contributed by atoms with E-state index in [1.54, 1.807) is 0 Å². The minimum atomic E-state index is -4.85. The molecule has 0 saturated heterocycles. The molecule has 0 saturated carbocycles. The van der Waals surface area contributed by atoms with Crippen LogP contribution in [0.1, 0.15) is 37.5 Å². The van der Waals surface area contributed by atoms with Crippen molar-refractivity contribution in [3.05, 3.63) is 93.5 Å². The van der Waals surface area contributed by atoms with Crippen LogP contribution in [0.25, 0.3) is 0 Å². The molecule has 164 valence electrons. The average molecular weight is 466 g/mol. The lowest BCUT2D eigenvalue weighted by Gasteiger charge is -2.16. The van der Waals surface area contributed by atoms with Crippen molar-refractivity contribution in [3.63, 3.8) is 0 Å². The number of aromatic carboxylic acids is 1. The number of nitrogens with one attached hydrogen (secondary N) is 2. The standard InChI is InChI=1S/C21H12ClF4N3O3/c22-13-4-1-3-12(21(24,25)26)16(13)19(30)29-15-5-2-8-28-18(15)17(27)11-7-6-10(20(31)32)9-14(11)23/h1-9,27H,(H,29,30)(H,31,32). The van der Waals surface area contributed by atoms with Crippen LogP contribution < -0.4 is 5.32 Å². The maximum absolute atomic E-state index is 14.4. The molecule has 32 heavy (non-hydrogen) atoms. The van der Waals surface area contributed by atoms with Crippen LogP contribution in [-0.4, -0.2) is 27.7 Å². The summed E-state index contributed by atoms with van der Waals surface area (Å²) in [7, 11) is 0. The summed E-state index contributed by atoms with van der Waals surface area (Å²) in [6.45, 7) is 0. The highest BCUT2D eigenvalue weighted by atomic mass is 35.5. The predicted octanol–water partition coefficient (Wildman–Crippen LogP) is 5.26. The average Bonchev–Trinajstić information content (AvgIpc) is 2.72. The maximum atomic E-state index is 14.4. The number of aromatic nitrogens is 1. The van der Waals surface area contributed by atoms with Gasteiger partial charge >= 0.3 is 12.1 Å². The number of halogens is 5. The second-order valence-electron chi connectivity index (χ2n) is 6.39. The van der Waals surface area contributed by atoms with E-state index in [1.807, 2.05) is 0 Å². The van der Waals surface area contributed by atoms with E-state index in [0.717, 1.165) is 24.3 Å². The van der Waals surface area contributed by atoms with Crippen molar-refractivity contribution in [2.75, 3.05) is 5.32 Å². The van der Waals surface area contributed by atoms with Gasteiger partial charge in [0, 0.05) is 11.8 Å². The van der Waals surface area contributed by atoms with Crippen molar-refractivity contribution < 1.29 is 32.3 Å². The van der Waals surface area contributed by atoms with Crippen molar-refractivity contribution >= 4 is 34.9 Å². The van der Waals surface area contributed by atoms with Gasteiger partial charge in [0.2, 0.25) is 0 Å². The number of carbonyl (C=O) groups excluding carboxylic acids is 1. The number of carboxylic acid groups (broad SMARTS) is 1. The molecule has 3 rings (SSSR count). The van der Waals surface area contributed by atoms with E-state index in [2.05, 4.69) is 10.3 Å². The molecule has 11 heteroatoms. The highest BCUT2D eigenvalue weighted by molar-refractivity contribution is 6.34. The van der Waals surface area contributed by atoms with E-state index in [-0.39, 0.29) is 22.5 Å². The Hall–Kier alpha value is -3.79. The maximum Gasteiger partial charge on any atom is 0.417 e. The Morgan fingerprint density at radius 1 is 1.09 bits per heavy atom. The first-order valence-corrected chi connectivity index (χ1v) is 9.12. The number of anilines is 1. The van der Waals surface area contributed by atoms with E-state index in [9.17, 15) is 27.2 Å². The molecule has 3 N–H and O–H groups in total. The summed E-state index contributed by atoms with van der Waals surface area (Å²) in [5, 5.41) is 19.0. The molecule has 0 atom stereocenters. The zero-order valence-electron chi connectivity index (χ0n) is 15.8. The van der Waals surface area contributed by atoms with Crippen molar-refractivity contribution in [2.24, 2.45) is 0 Å². The van der Waals surface area contributed by atoms with Crippen molar-refractivity contribution in [3.8, 4) is 0 Å². The number of amides is 1. The summed E-state index contributed by atoms with van der Waals surface area (Å²) in [5.41, 5.74) is -3.67. The van der Waals surface area contributed by atoms with Gasteiger partial charge in [0.25, 0.3) is 5.91 Å². The number of nitrogens with zero attached hydrogens (tertiary/aromatic N) is 1. The Morgan fingerprint density at radius 2 is 1.81 bits per heavy atom. The summed E-state index contributed by atoms with van der Waals surface area (Å²) in [6, 6.07) is 8.34. The van der Waals surface area contributed by atoms with Gasteiger partial charge in [-0.05, 0) is 42.5 Å². The van der Waals surface area contributed by atoms with Crippen LogP contribution in [0.2, 0.25) is 5.02 Å². The molecule has 2 aromatic carbocycles. The summed E-state index contributed by atoms with van der Waals surface area (Å²) in [5.74, 6) is -3.59. The Labute approximate surface area is 183 Å². The molecule has 0 unspecified atom stereocenters. The molecule has 1 amide bonds. The van der Waals surface area contributed by atoms with Crippen LogP contribution >= 0.6 is 11.6 Å². The van der Waals surface area contributed by atoms with Gasteiger partial charge < -0.3 is 10.4 Å². The normalized spacial score (nSPS) is 11.2. The summed E-state index contributed by atoms with van der Waals surface area (Å²) < 4.78 is 54.3. The van der Waals surface area contributed by atoms with Gasteiger partial charge in [0.1, 0.15) is 11.5 Å². The third-order valence-corrected chi connectivity index (χ3v) is 4.64. The first-order chi connectivity index (χ1) is 15.0. The fraction of sp³-hybridized carbons (Fsp3) is 0.0476. The molecule has 0 bridgehead atoms. The Balaban J connectivity index is 2.00. The summed E-state index contributed by atoms with van der Waals surface area (Å²) >= 11 is 5.84. The first-order valence-electron chi connectivity index (χ1n) is 8.75. The molecular formula is C21H12ClF4N3O3. The number of hydrogen-bond donors (Lipinski definition) is 3. The van der Waals surface area contributed by atoms with E-state index in [0.29, 0.717) is 12.1 Å². The Kier molecular flexibility index (Phi) is 6.26. The third kappa shape index (κ3) is 4.59. The number of hydrogen-bond acceptors (Lipinski definition) is 4. The molecule has 0 aliphatic heterocycles. The zero-order valence-corrected chi connectivity index (χ0v) is 16.6. The van der Waals surface area contributed by atoms with Crippen molar-refractivity contribution in [2.45, 2.75) is 6.18 Å². The second-order valence-corrected chi connectivity index (χ2v) is 6.80. The van der Waals surface area contributed by atoms with Crippen LogP contribution in [-0.2, 0) is 6.18 Å². The minimum Gasteiger partial charge on any atom is -0.478 e. The number of benzene rings is 2. The molecule has 1 heterocycles. The lowest BCUT2D eigenvalue weighted by atomic mass is 10.0. The van der Waals surface area contributed by atoms with E-state index in [4.69, 9.17) is 22.1 Å². The van der Waals surface area contributed by atoms with Gasteiger partial charge in [-0.15, -0.1) is 0 Å². The fourth-order valence-corrected chi connectivity index (χ4v) is 3.12. The summed E-state index contributed by atoms with van der Waals surface area (Å²) in [6.07, 6.45) is -3.61.